The van der Waals surface area contributed by atoms with Crippen LogP contribution in [0.3, 0.4) is 0 Å². The fraction of sp³-hybridized carbons (Fsp3) is 0.167. The Morgan fingerprint density at radius 2 is 1.62 bits per heavy atom. The Labute approximate surface area is 93.8 Å². The van der Waals surface area contributed by atoms with Crippen molar-refractivity contribution in [2.45, 2.75) is 12.8 Å². The SMILES string of the molecule is C=Cc1ccccc1.O=C1CCC(=O)N1O. The molecule has 16 heavy (non-hydrogen) atoms. The van der Waals surface area contributed by atoms with E-state index in [0.717, 1.165) is 0 Å². The first-order valence-electron chi connectivity index (χ1n) is 4.87. The van der Waals surface area contributed by atoms with E-state index in [4.69, 9.17) is 5.21 Å². The molecule has 1 aromatic rings. The molecule has 2 amide bonds. The monoisotopic (exact) mass is 219 g/mol. The Morgan fingerprint density at radius 1 is 1.12 bits per heavy atom. The summed E-state index contributed by atoms with van der Waals surface area (Å²) in [5, 5.41) is 8.57. The van der Waals surface area contributed by atoms with Crippen LogP contribution in [0.25, 0.3) is 6.08 Å². The van der Waals surface area contributed by atoms with Gasteiger partial charge in [-0.3, -0.25) is 14.8 Å². The minimum Gasteiger partial charge on any atom is -0.279 e. The minimum atomic E-state index is -0.505. The molecule has 1 aliphatic rings. The molecule has 0 radical (unpaired) electrons. The number of amides is 2. The van der Waals surface area contributed by atoms with Crippen molar-refractivity contribution in [3.63, 3.8) is 0 Å². The molecule has 0 unspecified atom stereocenters. The van der Waals surface area contributed by atoms with E-state index in [9.17, 15) is 9.59 Å². The Kier molecular flexibility index (Phi) is 4.42. The molecule has 0 aromatic heterocycles. The van der Waals surface area contributed by atoms with Gasteiger partial charge in [0.25, 0.3) is 11.8 Å². The van der Waals surface area contributed by atoms with Gasteiger partial charge in [0.2, 0.25) is 0 Å². The van der Waals surface area contributed by atoms with Crippen molar-refractivity contribution in [1.82, 2.24) is 5.06 Å². The first-order chi connectivity index (χ1) is 7.65. The average Bonchev–Trinajstić information content (AvgIpc) is 2.62. The van der Waals surface area contributed by atoms with Crippen molar-refractivity contribution in [1.29, 1.82) is 0 Å². The van der Waals surface area contributed by atoms with Gasteiger partial charge < -0.3 is 0 Å². The zero-order chi connectivity index (χ0) is 12.0. The maximum atomic E-state index is 10.2. The highest BCUT2D eigenvalue weighted by Crippen LogP contribution is 2.07. The Morgan fingerprint density at radius 3 is 1.88 bits per heavy atom. The summed E-state index contributed by atoms with van der Waals surface area (Å²) in [5.41, 5.74) is 1.17. The molecule has 0 spiro atoms. The lowest BCUT2D eigenvalue weighted by molar-refractivity contribution is -0.171. The summed E-state index contributed by atoms with van der Waals surface area (Å²) < 4.78 is 0. The van der Waals surface area contributed by atoms with Crippen LogP contribution in [0.2, 0.25) is 0 Å². The minimum absolute atomic E-state index is 0.148. The van der Waals surface area contributed by atoms with Crippen molar-refractivity contribution in [2.24, 2.45) is 0 Å². The molecule has 1 fully saturated rings. The third kappa shape index (κ3) is 3.33. The molecule has 0 bridgehead atoms. The molecule has 4 nitrogen and oxygen atoms in total. The predicted molar refractivity (Wildman–Crippen MR) is 59.4 cm³/mol. The molecule has 1 aromatic carbocycles. The first kappa shape index (κ1) is 12.1. The number of hydrogen-bond acceptors (Lipinski definition) is 3. The summed E-state index contributed by atoms with van der Waals surface area (Å²) in [6.45, 7) is 3.63. The number of hydrogen-bond donors (Lipinski definition) is 1. The van der Waals surface area contributed by atoms with Crippen LogP contribution < -0.4 is 0 Å². The molecule has 0 aliphatic carbocycles. The Balaban J connectivity index is 0.000000160. The van der Waals surface area contributed by atoms with Crippen LogP contribution in [-0.4, -0.2) is 22.1 Å². The second-order valence-electron chi connectivity index (χ2n) is 3.21. The lowest BCUT2D eigenvalue weighted by Crippen LogP contribution is -2.24. The second kappa shape index (κ2) is 5.82. The highest BCUT2D eigenvalue weighted by atomic mass is 16.5. The van der Waals surface area contributed by atoms with Gasteiger partial charge >= 0.3 is 0 Å². The summed E-state index contributed by atoms with van der Waals surface area (Å²) in [5.74, 6) is -1.01. The maximum Gasteiger partial charge on any atom is 0.253 e. The lowest BCUT2D eigenvalue weighted by Gasteiger charge is -1.98. The molecule has 2 rings (SSSR count). The molecule has 84 valence electrons. The van der Waals surface area contributed by atoms with Crippen molar-refractivity contribution in [3.05, 3.63) is 42.5 Å². The average molecular weight is 219 g/mol. The first-order valence-corrected chi connectivity index (χ1v) is 4.87. The van der Waals surface area contributed by atoms with Crippen LogP contribution in [0.4, 0.5) is 0 Å². The number of carbonyl (C=O) groups is 2. The van der Waals surface area contributed by atoms with E-state index >= 15 is 0 Å². The molecular weight excluding hydrogens is 206 g/mol. The van der Waals surface area contributed by atoms with Gasteiger partial charge in [0.15, 0.2) is 0 Å². The van der Waals surface area contributed by atoms with Crippen molar-refractivity contribution in [2.75, 3.05) is 0 Å². The summed E-state index contributed by atoms with van der Waals surface area (Å²) in [6.07, 6.45) is 2.13. The van der Waals surface area contributed by atoms with E-state index in [1.165, 1.54) is 5.56 Å². The third-order valence-electron chi connectivity index (χ3n) is 2.06. The van der Waals surface area contributed by atoms with Gasteiger partial charge in [-0.05, 0) is 5.56 Å². The summed E-state index contributed by atoms with van der Waals surface area (Å²) in [6, 6.07) is 10.0. The van der Waals surface area contributed by atoms with Gasteiger partial charge in [-0.2, -0.15) is 5.06 Å². The number of hydroxylamine groups is 2. The van der Waals surface area contributed by atoms with Crippen molar-refractivity contribution >= 4 is 17.9 Å². The quantitative estimate of drug-likeness (QED) is 0.579. The van der Waals surface area contributed by atoms with Crippen LogP contribution in [0.1, 0.15) is 18.4 Å². The highest BCUT2D eigenvalue weighted by Gasteiger charge is 2.26. The molecular formula is C12H13NO3. The fourth-order valence-corrected chi connectivity index (χ4v) is 1.15. The van der Waals surface area contributed by atoms with Gasteiger partial charge in [0.1, 0.15) is 0 Å². The molecule has 1 saturated heterocycles. The number of benzene rings is 1. The lowest BCUT2D eigenvalue weighted by atomic mass is 10.2. The van der Waals surface area contributed by atoms with Gasteiger partial charge in [-0.1, -0.05) is 43.0 Å². The van der Waals surface area contributed by atoms with Crippen LogP contribution in [0.5, 0.6) is 0 Å². The van der Waals surface area contributed by atoms with Crippen molar-refractivity contribution < 1.29 is 14.8 Å². The molecule has 0 saturated carbocycles. The highest BCUT2D eigenvalue weighted by molar-refractivity contribution is 6.00. The Hall–Kier alpha value is -1.94. The number of carbonyl (C=O) groups excluding carboxylic acids is 2. The van der Waals surface area contributed by atoms with E-state index in [-0.39, 0.29) is 17.9 Å². The van der Waals surface area contributed by atoms with Gasteiger partial charge in [-0.25, -0.2) is 0 Å². The summed E-state index contributed by atoms with van der Waals surface area (Å²) in [4.78, 5) is 20.5. The van der Waals surface area contributed by atoms with Crippen LogP contribution in [0, 0.1) is 0 Å². The van der Waals surface area contributed by atoms with Crippen LogP contribution in [0.15, 0.2) is 36.9 Å². The normalized spacial score (nSPS) is 14.4. The molecule has 0 atom stereocenters. The Bertz CT molecular complexity index is 371. The van der Waals surface area contributed by atoms with Gasteiger partial charge in [0, 0.05) is 12.8 Å². The zero-order valence-electron chi connectivity index (χ0n) is 8.80. The van der Waals surface area contributed by atoms with E-state index in [1.807, 2.05) is 36.4 Å². The van der Waals surface area contributed by atoms with E-state index in [0.29, 0.717) is 0 Å². The van der Waals surface area contributed by atoms with E-state index in [2.05, 4.69) is 6.58 Å². The van der Waals surface area contributed by atoms with Gasteiger partial charge in [-0.15, -0.1) is 0 Å². The predicted octanol–water partition coefficient (Wildman–Crippen LogP) is 1.85. The second-order valence-corrected chi connectivity index (χ2v) is 3.21. The smallest absolute Gasteiger partial charge is 0.253 e. The molecule has 1 N–H and O–H groups in total. The molecule has 1 heterocycles. The zero-order valence-corrected chi connectivity index (χ0v) is 8.80. The third-order valence-corrected chi connectivity index (χ3v) is 2.06. The molecule has 1 aliphatic heterocycles. The van der Waals surface area contributed by atoms with Gasteiger partial charge in [0.05, 0.1) is 0 Å². The fourth-order valence-electron chi connectivity index (χ4n) is 1.15. The van der Waals surface area contributed by atoms with Crippen LogP contribution >= 0.6 is 0 Å². The summed E-state index contributed by atoms with van der Waals surface area (Å²) in [7, 11) is 0. The maximum absolute atomic E-state index is 10.2. The number of nitrogens with zero attached hydrogens (tertiary/aromatic N) is 1. The molecule has 4 heteroatoms. The summed E-state index contributed by atoms with van der Waals surface area (Å²) >= 11 is 0. The van der Waals surface area contributed by atoms with E-state index in [1.54, 1.807) is 0 Å². The number of rotatable bonds is 1. The van der Waals surface area contributed by atoms with Crippen molar-refractivity contribution in [3.8, 4) is 0 Å². The topological polar surface area (TPSA) is 57.6 Å². The number of imide groups is 1. The van der Waals surface area contributed by atoms with E-state index < -0.39 is 11.8 Å². The standard InChI is InChI=1S/C8H8.C4H5NO3/c1-2-8-6-4-3-5-7-8;6-3-1-2-4(7)5(3)8/h2-7H,1H2;8H,1-2H2. The largest absolute Gasteiger partial charge is 0.279 e. The van der Waals surface area contributed by atoms with Crippen LogP contribution in [-0.2, 0) is 9.59 Å².